The predicted molar refractivity (Wildman–Crippen MR) is 132 cm³/mol. The number of rotatable bonds is 10. The lowest BCUT2D eigenvalue weighted by molar-refractivity contribution is -0.141. The summed E-state index contributed by atoms with van der Waals surface area (Å²) in [5.74, 6) is -1.15. The average Bonchev–Trinajstić information content (AvgIpc) is 3.33. The second-order valence-electron chi connectivity index (χ2n) is 9.14. The second-order valence-corrected chi connectivity index (χ2v) is 11.2. The van der Waals surface area contributed by atoms with Crippen molar-refractivity contribution < 1.29 is 22.4 Å². The fraction of sp³-hybridized carbons (Fsp3) is 0.462. The van der Waals surface area contributed by atoms with E-state index in [1.54, 1.807) is 24.3 Å². The molecule has 2 aromatic carbocycles. The van der Waals surface area contributed by atoms with E-state index in [0.717, 1.165) is 35.6 Å². The molecule has 1 saturated carbocycles. The molecule has 1 aliphatic carbocycles. The van der Waals surface area contributed by atoms with E-state index in [-0.39, 0.29) is 23.4 Å². The highest BCUT2D eigenvalue weighted by atomic mass is 32.2. The summed E-state index contributed by atoms with van der Waals surface area (Å²) in [4.78, 5) is 28.1. The first-order chi connectivity index (χ1) is 16.6. The molecular weight excluding hydrogens is 469 g/mol. The lowest BCUT2D eigenvalue weighted by Gasteiger charge is -2.32. The van der Waals surface area contributed by atoms with E-state index in [2.05, 4.69) is 5.32 Å². The topological polar surface area (TPSA) is 86.8 Å². The first-order valence-electron chi connectivity index (χ1n) is 12.0. The van der Waals surface area contributed by atoms with Crippen LogP contribution < -0.4 is 5.32 Å². The van der Waals surface area contributed by atoms with Crippen molar-refractivity contribution in [3.63, 3.8) is 0 Å². The fourth-order valence-corrected chi connectivity index (χ4v) is 5.45. The van der Waals surface area contributed by atoms with Gasteiger partial charge in [-0.1, -0.05) is 49.6 Å². The molecule has 190 valence electrons. The van der Waals surface area contributed by atoms with Crippen LogP contribution in [0.15, 0.2) is 53.4 Å². The molecule has 1 fully saturated rings. The first-order valence-corrected chi connectivity index (χ1v) is 13.4. The number of nitrogens with one attached hydrogen (secondary N) is 1. The number of carbonyl (C=O) groups excluding carboxylic acids is 2. The Balaban J connectivity index is 1.83. The van der Waals surface area contributed by atoms with Gasteiger partial charge in [0, 0.05) is 19.6 Å². The molecule has 0 aromatic heterocycles. The molecule has 0 saturated heterocycles. The van der Waals surface area contributed by atoms with Crippen LogP contribution in [-0.4, -0.2) is 55.1 Å². The lowest BCUT2D eigenvalue weighted by Crippen LogP contribution is -2.53. The SMILES string of the molecule is CC[C@@H](C(=O)NC1CCCC1)N(Cc1ccc(F)cc1)C(=O)CN(C)S(=O)(=O)c1ccc(C)cc1. The van der Waals surface area contributed by atoms with Gasteiger partial charge in [0.05, 0.1) is 11.4 Å². The number of sulfonamides is 1. The minimum atomic E-state index is -3.90. The molecular formula is C26H34FN3O4S. The maximum Gasteiger partial charge on any atom is 0.243 e. The van der Waals surface area contributed by atoms with Gasteiger partial charge >= 0.3 is 0 Å². The van der Waals surface area contributed by atoms with E-state index in [9.17, 15) is 22.4 Å². The Morgan fingerprint density at radius 2 is 1.66 bits per heavy atom. The van der Waals surface area contributed by atoms with E-state index in [1.807, 2.05) is 13.8 Å². The van der Waals surface area contributed by atoms with Crippen LogP contribution in [0.3, 0.4) is 0 Å². The van der Waals surface area contributed by atoms with Crippen molar-refractivity contribution in [2.45, 2.75) is 69.5 Å². The van der Waals surface area contributed by atoms with Crippen LogP contribution in [0.1, 0.15) is 50.2 Å². The second kappa shape index (κ2) is 11.8. The van der Waals surface area contributed by atoms with Gasteiger partial charge in [0.15, 0.2) is 0 Å². The summed E-state index contributed by atoms with van der Waals surface area (Å²) < 4.78 is 40.5. The van der Waals surface area contributed by atoms with Crippen molar-refractivity contribution >= 4 is 21.8 Å². The minimum absolute atomic E-state index is 0.0636. The van der Waals surface area contributed by atoms with Crippen molar-refractivity contribution in [2.24, 2.45) is 0 Å². The van der Waals surface area contributed by atoms with Crippen molar-refractivity contribution in [3.05, 3.63) is 65.5 Å². The Labute approximate surface area is 207 Å². The Bertz CT molecular complexity index is 1110. The monoisotopic (exact) mass is 503 g/mol. The quantitative estimate of drug-likeness (QED) is 0.537. The molecule has 0 unspecified atom stereocenters. The van der Waals surface area contributed by atoms with Crippen LogP contribution >= 0.6 is 0 Å². The summed E-state index contributed by atoms with van der Waals surface area (Å²) in [6, 6.07) is 11.4. The van der Waals surface area contributed by atoms with Gasteiger partial charge in [0.2, 0.25) is 21.8 Å². The fourth-order valence-electron chi connectivity index (χ4n) is 4.33. The largest absolute Gasteiger partial charge is 0.352 e. The van der Waals surface area contributed by atoms with Crippen molar-refractivity contribution in [1.82, 2.24) is 14.5 Å². The summed E-state index contributed by atoms with van der Waals surface area (Å²) in [6.45, 7) is 3.31. The zero-order valence-electron chi connectivity index (χ0n) is 20.5. The van der Waals surface area contributed by atoms with Crippen LogP contribution in [0.2, 0.25) is 0 Å². The number of aryl methyl sites for hydroxylation is 1. The zero-order valence-corrected chi connectivity index (χ0v) is 21.4. The van der Waals surface area contributed by atoms with Gasteiger partial charge in [0.25, 0.3) is 0 Å². The molecule has 7 nitrogen and oxygen atoms in total. The third-order valence-electron chi connectivity index (χ3n) is 6.44. The molecule has 35 heavy (non-hydrogen) atoms. The first kappa shape index (κ1) is 26.8. The van der Waals surface area contributed by atoms with E-state index < -0.39 is 34.3 Å². The molecule has 2 aromatic rings. The number of hydrogen-bond donors (Lipinski definition) is 1. The normalized spacial score (nSPS) is 15.2. The Kier molecular flexibility index (Phi) is 9.02. The Hall–Kier alpha value is -2.78. The minimum Gasteiger partial charge on any atom is -0.352 e. The van der Waals surface area contributed by atoms with Crippen LogP contribution in [-0.2, 0) is 26.2 Å². The number of carbonyl (C=O) groups is 2. The van der Waals surface area contributed by atoms with Crippen molar-refractivity contribution in [2.75, 3.05) is 13.6 Å². The average molecular weight is 504 g/mol. The molecule has 0 aliphatic heterocycles. The lowest BCUT2D eigenvalue weighted by atomic mass is 10.1. The van der Waals surface area contributed by atoms with E-state index in [0.29, 0.717) is 12.0 Å². The number of nitrogens with zero attached hydrogens (tertiary/aromatic N) is 2. The van der Waals surface area contributed by atoms with E-state index >= 15 is 0 Å². The number of amides is 2. The van der Waals surface area contributed by atoms with Crippen molar-refractivity contribution in [1.29, 1.82) is 0 Å². The van der Waals surface area contributed by atoms with Gasteiger partial charge in [-0.2, -0.15) is 4.31 Å². The maximum absolute atomic E-state index is 13.5. The van der Waals surface area contributed by atoms with Gasteiger partial charge in [-0.25, -0.2) is 12.8 Å². The molecule has 1 aliphatic rings. The molecule has 1 N–H and O–H groups in total. The van der Waals surface area contributed by atoms with Gasteiger partial charge < -0.3 is 10.2 Å². The van der Waals surface area contributed by atoms with Crippen molar-refractivity contribution in [3.8, 4) is 0 Å². The summed E-state index contributed by atoms with van der Waals surface area (Å²) >= 11 is 0. The number of likely N-dealkylation sites (N-methyl/N-ethyl adjacent to an activating group) is 1. The van der Waals surface area contributed by atoms with E-state index in [1.165, 1.54) is 36.2 Å². The van der Waals surface area contributed by atoms with Crippen LogP contribution in [0, 0.1) is 12.7 Å². The van der Waals surface area contributed by atoms with Crippen LogP contribution in [0.4, 0.5) is 4.39 Å². The van der Waals surface area contributed by atoms with Gasteiger partial charge in [-0.15, -0.1) is 0 Å². The molecule has 9 heteroatoms. The highest BCUT2D eigenvalue weighted by Crippen LogP contribution is 2.20. The van der Waals surface area contributed by atoms with Crippen LogP contribution in [0.25, 0.3) is 0 Å². The standard InChI is InChI=1S/C26H34FN3O4S/c1-4-24(26(32)28-22-7-5-6-8-22)30(17-20-11-13-21(27)14-12-20)25(31)18-29(3)35(33,34)23-15-9-19(2)10-16-23/h9-16,22,24H,4-8,17-18H2,1-3H3,(H,28,32)/t24-/m0/s1. The summed E-state index contributed by atoms with van der Waals surface area (Å²) in [5, 5.41) is 3.05. The van der Waals surface area contributed by atoms with Gasteiger partial charge in [0.1, 0.15) is 11.9 Å². The summed E-state index contributed by atoms with van der Waals surface area (Å²) in [7, 11) is -2.55. The molecule has 3 rings (SSSR count). The summed E-state index contributed by atoms with van der Waals surface area (Å²) in [5.41, 5.74) is 1.57. The smallest absolute Gasteiger partial charge is 0.243 e. The third kappa shape index (κ3) is 6.89. The Morgan fingerprint density at radius 1 is 1.06 bits per heavy atom. The van der Waals surface area contributed by atoms with Crippen LogP contribution in [0.5, 0.6) is 0 Å². The molecule has 0 heterocycles. The maximum atomic E-state index is 13.5. The number of hydrogen-bond acceptors (Lipinski definition) is 4. The zero-order chi connectivity index (χ0) is 25.6. The molecule has 0 radical (unpaired) electrons. The number of halogens is 1. The highest BCUT2D eigenvalue weighted by molar-refractivity contribution is 7.89. The molecule has 2 amide bonds. The molecule has 0 bridgehead atoms. The van der Waals surface area contributed by atoms with Gasteiger partial charge in [-0.3, -0.25) is 9.59 Å². The summed E-state index contributed by atoms with van der Waals surface area (Å²) in [6.07, 6.45) is 4.29. The molecule has 1 atom stereocenters. The van der Waals surface area contributed by atoms with Gasteiger partial charge in [-0.05, 0) is 56.0 Å². The third-order valence-corrected chi connectivity index (χ3v) is 8.26. The molecule has 0 spiro atoms. The predicted octanol–water partition coefficient (Wildman–Crippen LogP) is 3.62. The van der Waals surface area contributed by atoms with E-state index in [4.69, 9.17) is 0 Å². The Morgan fingerprint density at radius 3 is 2.23 bits per heavy atom. The highest BCUT2D eigenvalue weighted by Gasteiger charge is 2.33. The number of benzene rings is 2.